The molecule has 158 valence electrons. The maximum Gasteiger partial charge on any atom is 0.311 e. The summed E-state index contributed by atoms with van der Waals surface area (Å²) in [6.45, 7) is 8.59. The first kappa shape index (κ1) is 24.1. The Bertz CT molecular complexity index is 647. The molecule has 1 aromatic carbocycles. The highest BCUT2D eigenvalue weighted by Crippen LogP contribution is 2.30. The summed E-state index contributed by atoms with van der Waals surface area (Å²) >= 11 is 0. The predicted molar refractivity (Wildman–Crippen MR) is 106 cm³/mol. The number of aliphatic hydroxyl groups excluding tert-OH is 2. The van der Waals surface area contributed by atoms with Gasteiger partial charge in [-0.25, -0.2) is 0 Å². The molecule has 28 heavy (non-hydrogen) atoms. The van der Waals surface area contributed by atoms with Crippen molar-refractivity contribution in [3.05, 3.63) is 35.4 Å². The van der Waals surface area contributed by atoms with Crippen LogP contribution >= 0.6 is 0 Å². The molecule has 6 nitrogen and oxygen atoms in total. The molecule has 2 unspecified atom stereocenters. The Labute approximate surface area is 167 Å². The van der Waals surface area contributed by atoms with Crippen LogP contribution < -0.4 is 0 Å². The molecular weight excluding hydrogens is 360 g/mol. The third-order valence-electron chi connectivity index (χ3n) is 4.93. The number of methoxy groups -OCH3 is 1. The topological polar surface area (TPSA) is 93.1 Å². The van der Waals surface area contributed by atoms with Gasteiger partial charge in [-0.05, 0) is 64.5 Å². The fraction of sp³-hybridized carbons (Fsp3) is 0.636. The van der Waals surface area contributed by atoms with Crippen LogP contribution in [0.5, 0.6) is 0 Å². The van der Waals surface area contributed by atoms with Crippen molar-refractivity contribution in [2.45, 2.75) is 78.1 Å². The summed E-state index contributed by atoms with van der Waals surface area (Å²) in [4.78, 5) is 22.8. The van der Waals surface area contributed by atoms with Gasteiger partial charge in [0, 0.05) is 6.92 Å². The molecule has 0 aliphatic heterocycles. The first-order chi connectivity index (χ1) is 12.9. The van der Waals surface area contributed by atoms with E-state index in [0.29, 0.717) is 25.7 Å². The van der Waals surface area contributed by atoms with Gasteiger partial charge in [-0.1, -0.05) is 24.3 Å². The summed E-state index contributed by atoms with van der Waals surface area (Å²) in [7, 11) is 1.36. The molecule has 1 rings (SSSR count). The summed E-state index contributed by atoms with van der Waals surface area (Å²) in [6.07, 6.45) is 0.532. The van der Waals surface area contributed by atoms with Gasteiger partial charge < -0.3 is 19.7 Å². The van der Waals surface area contributed by atoms with Gasteiger partial charge in [0.05, 0.1) is 24.7 Å². The van der Waals surface area contributed by atoms with Gasteiger partial charge in [-0.2, -0.15) is 0 Å². The van der Waals surface area contributed by atoms with Crippen LogP contribution in [-0.2, 0) is 19.1 Å². The normalized spacial score (nSPS) is 14.3. The van der Waals surface area contributed by atoms with Gasteiger partial charge in [-0.15, -0.1) is 0 Å². The molecule has 0 radical (unpaired) electrons. The Morgan fingerprint density at radius 1 is 0.929 bits per heavy atom. The van der Waals surface area contributed by atoms with Gasteiger partial charge >= 0.3 is 11.9 Å². The second-order valence-electron chi connectivity index (χ2n) is 8.50. The van der Waals surface area contributed by atoms with E-state index in [1.54, 1.807) is 38.1 Å². The monoisotopic (exact) mass is 394 g/mol. The largest absolute Gasteiger partial charge is 0.469 e. The molecule has 0 amide bonds. The molecular formula is C22H34O6. The lowest BCUT2D eigenvalue weighted by Crippen LogP contribution is -2.27. The second-order valence-corrected chi connectivity index (χ2v) is 8.50. The summed E-state index contributed by atoms with van der Waals surface area (Å²) in [5.74, 6) is -0.636. The number of carbonyl (C=O) groups is 2. The number of rotatable bonds is 10. The van der Waals surface area contributed by atoms with Crippen LogP contribution in [0.4, 0.5) is 0 Å². The number of esters is 2. The van der Waals surface area contributed by atoms with Gasteiger partial charge in [0.2, 0.25) is 0 Å². The number of ether oxygens (including phenoxy) is 2. The van der Waals surface area contributed by atoms with Gasteiger partial charge in [0.1, 0.15) is 5.60 Å². The molecule has 1 aromatic rings. The lowest BCUT2D eigenvalue weighted by molar-refractivity contribution is -0.154. The Morgan fingerprint density at radius 3 is 1.75 bits per heavy atom. The number of benzene rings is 1. The van der Waals surface area contributed by atoms with Gasteiger partial charge in [0.15, 0.2) is 0 Å². The van der Waals surface area contributed by atoms with Crippen LogP contribution in [0.2, 0.25) is 0 Å². The van der Waals surface area contributed by atoms with E-state index >= 15 is 0 Å². The zero-order valence-corrected chi connectivity index (χ0v) is 17.8. The lowest BCUT2D eigenvalue weighted by atomic mass is 9.85. The van der Waals surface area contributed by atoms with E-state index in [1.165, 1.54) is 14.0 Å². The smallest absolute Gasteiger partial charge is 0.311 e. The molecule has 0 aromatic heterocycles. The van der Waals surface area contributed by atoms with Crippen molar-refractivity contribution in [2.24, 2.45) is 5.41 Å². The molecule has 0 bridgehead atoms. The third kappa shape index (κ3) is 7.60. The van der Waals surface area contributed by atoms with Crippen LogP contribution in [0.1, 0.15) is 83.6 Å². The Kier molecular flexibility index (Phi) is 8.64. The van der Waals surface area contributed by atoms with Crippen LogP contribution in [0.15, 0.2) is 24.3 Å². The molecule has 0 spiro atoms. The first-order valence-corrected chi connectivity index (χ1v) is 9.62. The van der Waals surface area contributed by atoms with E-state index in [-0.39, 0.29) is 11.9 Å². The highest BCUT2D eigenvalue weighted by Gasteiger charge is 2.29. The zero-order valence-electron chi connectivity index (χ0n) is 17.8. The summed E-state index contributed by atoms with van der Waals surface area (Å²) in [6, 6.07) is 7.14. The average molecular weight is 395 g/mol. The maximum absolute atomic E-state index is 11.7. The number of hydrogen-bond acceptors (Lipinski definition) is 6. The molecule has 0 aliphatic carbocycles. The minimum atomic E-state index is -0.696. The molecule has 0 aliphatic rings. The van der Waals surface area contributed by atoms with Crippen LogP contribution in [0.25, 0.3) is 0 Å². The van der Waals surface area contributed by atoms with E-state index in [2.05, 4.69) is 0 Å². The summed E-state index contributed by atoms with van der Waals surface area (Å²) in [5.41, 5.74) is 0.192. The van der Waals surface area contributed by atoms with E-state index in [1.807, 2.05) is 13.8 Å². The van der Waals surface area contributed by atoms with Crippen molar-refractivity contribution >= 4 is 11.9 Å². The summed E-state index contributed by atoms with van der Waals surface area (Å²) < 4.78 is 10.0. The lowest BCUT2D eigenvalue weighted by Gasteiger charge is -2.25. The molecule has 0 fully saturated rings. The molecule has 2 atom stereocenters. The SMILES string of the molecule is COC(=O)C(C)(C)CCC(O)c1ccc(C(O)CCC(C)(C)OC(C)=O)cc1. The zero-order chi connectivity index (χ0) is 21.5. The first-order valence-electron chi connectivity index (χ1n) is 9.62. The van der Waals surface area contributed by atoms with Crippen molar-refractivity contribution < 1.29 is 29.3 Å². The number of carbonyl (C=O) groups excluding carboxylic acids is 2. The van der Waals surface area contributed by atoms with Crippen molar-refractivity contribution in [3.8, 4) is 0 Å². The highest BCUT2D eigenvalue weighted by atomic mass is 16.6. The van der Waals surface area contributed by atoms with Crippen LogP contribution in [-0.4, -0.2) is 34.9 Å². The average Bonchev–Trinajstić information content (AvgIpc) is 2.62. The van der Waals surface area contributed by atoms with E-state index < -0.39 is 23.2 Å². The second kappa shape index (κ2) is 10.0. The van der Waals surface area contributed by atoms with Gasteiger partial charge in [0.25, 0.3) is 0 Å². The van der Waals surface area contributed by atoms with Crippen molar-refractivity contribution in [3.63, 3.8) is 0 Å². The van der Waals surface area contributed by atoms with E-state index in [0.717, 1.165) is 11.1 Å². The molecule has 2 N–H and O–H groups in total. The van der Waals surface area contributed by atoms with E-state index in [9.17, 15) is 19.8 Å². The maximum atomic E-state index is 11.7. The Balaban J connectivity index is 2.62. The standard InChI is InChI=1S/C22H34O6/c1-15(23)28-22(4,5)14-12-19(25)17-9-7-16(8-10-17)18(24)11-13-21(2,3)20(26)27-6/h7-10,18-19,24-25H,11-14H2,1-6H3. The van der Waals surface area contributed by atoms with Crippen molar-refractivity contribution in [1.82, 2.24) is 0 Å². The van der Waals surface area contributed by atoms with Crippen molar-refractivity contribution in [1.29, 1.82) is 0 Å². The molecule has 0 heterocycles. The predicted octanol–water partition coefficient (Wildman–Crippen LogP) is 3.85. The highest BCUT2D eigenvalue weighted by molar-refractivity contribution is 5.75. The molecule has 0 saturated heterocycles. The third-order valence-corrected chi connectivity index (χ3v) is 4.93. The summed E-state index contributed by atoms with van der Waals surface area (Å²) in [5, 5.41) is 20.8. The molecule has 0 saturated carbocycles. The minimum Gasteiger partial charge on any atom is -0.469 e. The number of hydrogen-bond donors (Lipinski definition) is 2. The van der Waals surface area contributed by atoms with Crippen molar-refractivity contribution in [2.75, 3.05) is 7.11 Å². The molecule has 6 heteroatoms. The minimum absolute atomic E-state index is 0.296. The van der Waals surface area contributed by atoms with E-state index in [4.69, 9.17) is 9.47 Å². The quantitative estimate of drug-likeness (QED) is 0.586. The Hall–Kier alpha value is -1.92. The number of aliphatic hydroxyl groups is 2. The van der Waals surface area contributed by atoms with Crippen LogP contribution in [0, 0.1) is 5.41 Å². The van der Waals surface area contributed by atoms with Crippen LogP contribution in [0.3, 0.4) is 0 Å². The fourth-order valence-electron chi connectivity index (χ4n) is 3.07. The Morgan fingerprint density at radius 2 is 1.36 bits per heavy atom. The fourth-order valence-corrected chi connectivity index (χ4v) is 3.07. The van der Waals surface area contributed by atoms with Gasteiger partial charge in [-0.3, -0.25) is 9.59 Å².